The summed E-state index contributed by atoms with van der Waals surface area (Å²) in [5, 5.41) is 5.35. The van der Waals surface area contributed by atoms with Gasteiger partial charge in [-0.1, -0.05) is 6.07 Å². The Morgan fingerprint density at radius 3 is 3.00 bits per heavy atom. The van der Waals surface area contributed by atoms with Crippen LogP contribution in [-0.2, 0) is 16.4 Å². The molecule has 7 nitrogen and oxygen atoms in total. The third kappa shape index (κ3) is 4.59. The highest BCUT2D eigenvalue weighted by molar-refractivity contribution is 7.91. The number of amides is 2. The number of aromatic nitrogens is 1. The van der Waals surface area contributed by atoms with E-state index in [2.05, 4.69) is 15.6 Å². The lowest BCUT2D eigenvalue weighted by Crippen LogP contribution is -2.42. The topological polar surface area (TPSA) is 97.4 Å². The molecule has 116 valence electrons. The van der Waals surface area contributed by atoms with Crippen LogP contribution in [0, 0.1) is 0 Å². The summed E-state index contributed by atoms with van der Waals surface area (Å²) in [5.74, 6) is 0.635. The van der Waals surface area contributed by atoms with E-state index >= 15 is 0 Å². The molecule has 1 aliphatic rings. The number of hydrogen-bond acceptors (Lipinski definition) is 5. The van der Waals surface area contributed by atoms with Crippen molar-refractivity contribution in [1.82, 2.24) is 15.6 Å². The number of ether oxygens (including phenoxy) is 1. The summed E-state index contributed by atoms with van der Waals surface area (Å²) in [6.45, 7) is 2.63. The Hall–Kier alpha value is -1.83. The molecule has 0 unspecified atom stereocenters. The molecule has 0 saturated carbocycles. The van der Waals surface area contributed by atoms with Crippen LogP contribution in [0.4, 0.5) is 4.79 Å². The maximum atomic E-state index is 11.8. The van der Waals surface area contributed by atoms with Crippen molar-refractivity contribution in [1.29, 1.82) is 0 Å². The maximum absolute atomic E-state index is 11.8. The highest BCUT2D eigenvalue weighted by Gasteiger charge is 2.28. The highest BCUT2D eigenvalue weighted by atomic mass is 32.2. The van der Waals surface area contributed by atoms with Crippen LogP contribution in [0.5, 0.6) is 5.88 Å². The van der Waals surface area contributed by atoms with Gasteiger partial charge in [-0.2, -0.15) is 0 Å². The van der Waals surface area contributed by atoms with Crippen molar-refractivity contribution in [3.05, 3.63) is 23.9 Å². The zero-order valence-electron chi connectivity index (χ0n) is 11.8. The fourth-order valence-corrected chi connectivity index (χ4v) is 3.82. The standard InChI is InChI=1S/C13H19N3O4S/c1-2-20-12-10(4-3-6-14-12)8-15-13(17)16-11-5-7-21(18,19)9-11/h3-4,6,11H,2,5,7-9H2,1H3,(H2,15,16,17)/t11-/m0/s1. The van der Waals surface area contributed by atoms with Gasteiger partial charge >= 0.3 is 6.03 Å². The fourth-order valence-electron chi connectivity index (χ4n) is 2.15. The molecule has 0 bridgehead atoms. The first-order valence-electron chi connectivity index (χ1n) is 6.81. The maximum Gasteiger partial charge on any atom is 0.315 e. The van der Waals surface area contributed by atoms with Crippen LogP contribution >= 0.6 is 0 Å². The van der Waals surface area contributed by atoms with Crippen molar-refractivity contribution < 1.29 is 17.9 Å². The van der Waals surface area contributed by atoms with E-state index in [1.165, 1.54) is 0 Å². The molecule has 1 atom stereocenters. The van der Waals surface area contributed by atoms with E-state index in [1.807, 2.05) is 13.0 Å². The average molecular weight is 313 g/mol. The van der Waals surface area contributed by atoms with E-state index in [4.69, 9.17) is 4.74 Å². The van der Waals surface area contributed by atoms with Crippen molar-refractivity contribution in [2.75, 3.05) is 18.1 Å². The molecule has 1 aliphatic heterocycles. The first-order chi connectivity index (χ1) is 10.00. The Labute approximate surface area is 124 Å². The molecule has 1 aromatic rings. The number of carbonyl (C=O) groups is 1. The van der Waals surface area contributed by atoms with Gasteiger partial charge in [0.15, 0.2) is 9.84 Å². The molecular formula is C13H19N3O4S. The molecule has 21 heavy (non-hydrogen) atoms. The Kier molecular flexibility index (Phi) is 5.00. The molecular weight excluding hydrogens is 294 g/mol. The second kappa shape index (κ2) is 6.75. The monoisotopic (exact) mass is 313 g/mol. The summed E-state index contributed by atoms with van der Waals surface area (Å²) in [5.41, 5.74) is 0.772. The van der Waals surface area contributed by atoms with E-state index in [9.17, 15) is 13.2 Å². The second-order valence-electron chi connectivity index (χ2n) is 4.83. The van der Waals surface area contributed by atoms with Crippen molar-refractivity contribution >= 4 is 15.9 Å². The van der Waals surface area contributed by atoms with Crippen LogP contribution in [-0.4, -0.2) is 43.6 Å². The van der Waals surface area contributed by atoms with Gasteiger partial charge in [-0.25, -0.2) is 18.2 Å². The fraction of sp³-hybridized carbons (Fsp3) is 0.538. The second-order valence-corrected chi connectivity index (χ2v) is 7.06. The Balaban J connectivity index is 1.84. The summed E-state index contributed by atoms with van der Waals surface area (Å²) in [4.78, 5) is 15.9. The van der Waals surface area contributed by atoms with Crippen molar-refractivity contribution in [2.24, 2.45) is 0 Å². The molecule has 1 fully saturated rings. The lowest BCUT2D eigenvalue weighted by Gasteiger charge is -2.13. The Morgan fingerprint density at radius 1 is 1.52 bits per heavy atom. The van der Waals surface area contributed by atoms with E-state index < -0.39 is 9.84 Å². The smallest absolute Gasteiger partial charge is 0.315 e. The molecule has 0 aromatic carbocycles. The number of pyridine rings is 1. The number of carbonyl (C=O) groups excluding carboxylic acids is 1. The highest BCUT2D eigenvalue weighted by Crippen LogP contribution is 2.14. The molecule has 2 heterocycles. The number of urea groups is 1. The molecule has 2 rings (SSSR count). The van der Waals surface area contributed by atoms with E-state index in [0.717, 1.165) is 5.56 Å². The quantitative estimate of drug-likeness (QED) is 0.823. The summed E-state index contributed by atoms with van der Waals surface area (Å²) >= 11 is 0. The number of hydrogen-bond donors (Lipinski definition) is 2. The Morgan fingerprint density at radius 2 is 2.33 bits per heavy atom. The van der Waals surface area contributed by atoms with Crippen LogP contribution in [0.15, 0.2) is 18.3 Å². The van der Waals surface area contributed by atoms with Gasteiger partial charge in [-0.05, 0) is 19.4 Å². The molecule has 2 amide bonds. The van der Waals surface area contributed by atoms with Crippen LogP contribution in [0.3, 0.4) is 0 Å². The van der Waals surface area contributed by atoms with Crippen molar-refractivity contribution in [3.63, 3.8) is 0 Å². The van der Waals surface area contributed by atoms with Gasteiger partial charge < -0.3 is 15.4 Å². The summed E-state index contributed by atoms with van der Waals surface area (Å²) in [6.07, 6.45) is 2.09. The molecule has 2 N–H and O–H groups in total. The lowest BCUT2D eigenvalue weighted by atomic mass is 10.2. The number of sulfone groups is 1. The first-order valence-corrected chi connectivity index (χ1v) is 8.64. The van der Waals surface area contributed by atoms with Crippen LogP contribution in [0.1, 0.15) is 18.9 Å². The summed E-state index contributed by atoms with van der Waals surface area (Å²) in [6, 6.07) is 2.89. The van der Waals surface area contributed by atoms with Crippen LogP contribution in [0.25, 0.3) is 0 Å². The van der Waals surface area contributed by atoms with E-state index in [-0.39, 0.29) is 30.1 Å². The van der Waals surface area contributed by atoms with Gasteiger partial charge in [-0.15, -0.1) is 0 Å². The van der Waals surface area contributed by atoms with Crippen molar-refractivity contribution in [3.8, 4) is 5.88 Å². The zero-order chi connectivity index (χ0) is 15.3. The third-order valence-electron chi connectivity index (χ3n) is 3.14. The normalized spacial score (nSPS) is 20.0. The molecule has 0 radical (unpaired) electrons. The predicted molar refractivity (Wildman–Crippen MR) is 77.8 cm³/mol. The summed E-state index contributed by atoms with van der Waals surface area (Å²) < 4.78 is 28.0. The Bertz CT molecular complexity index is 603. The molecule has 1 saturated heterocycles. The van der Waals surface area contributed by atoms with Gasteiger partial charge in [0.2, 0.25) is 5.88 Å². The average Bonchev–Trinajstić information content (AvgIpc) is 2.77. The molecule has 8 heteroatoms. The lowest BCUT2D eigenvalue weighted by molar-refractivity contribution is 0.237. The van der Waals surface area contributed by atoms with E-state index in [0.29, 0.717) is 18.9 Å². The van der Waals surface area contributed by atoms with Crippen LogP contribution < -0.4 is 15.4 Å². The van der Waals surface area contributed by atoms with Gasteiger partial charge in [0, 0.05) is 24.3 Å². The first kappa shape index (κ1) is 15.6. The minimum Gasteiger partial charge on any atom is -0.478 e. The van der Waals surface area contributed by atoms with Gasteiger partial charge in [-0.3, -0.25) is 0 Å². The number of nitrogens with zero attached hydrogens (tertiary/aromatic N) is 1. The summed E-state index contributed by atoms with van der Waals surface area (Å²) in [7, 11) is -2.99. The number of rotatable bonds is 5. The van der Waals surface area contributed by atoms with Crippen LogP contribution in [0.2, 0.25) is 0 Å². The largest absolute Gasteiger partial charge is 0.478 e. The van der Waals surface area contributed by atoms with Gasteiger partial charge in [0.05, 0.1) is 18.1 Å². The number of nitrogens with one attached hydrogen (secondary N) is 2. The third-order valence-corrected chi connectivity index (χ3v) is 4.91. The SMILES string of the molecule is CCOc1ncccc1CNC(=O)N[C@H]1CCS(=O)(=O)C1. The molecule has 0 aliphatic carbocycles. The predicted octanol–water partition coefficient (Wildman–Crippen LogP) is 0.467. The molecule has 0 spiro atoms. The molecule has 1 aromatic heterocycles. The van der Waals surface area contributed by atoms with Crippen molar-refractivity contribution in [2.45, 2.75) is 25.9 Å². The van der Waals surface area contributed by atoms with Gasteiger partial charge in [0.1, 0.15) is 0 Å². The minimum atomic E-state index is -2.99. The van der Waals surface area contributed by atoms with Gasteiger partial charge in [0.25, 0.3) is 0 Å². The van der Waals surface area contributed by atoms with E-state index in [1.54, 1.807) is 12.3 Å². The minimum absolute atomic E-state index is 0.0114. The zero-order valence-corrected chi connectivity index (χ0v) is 12.6.